The van der Waals surface area contributed by atoms with Crippen LogP contribution in [0.15, 0.2) is 36.4 Å². The quantitative estimate of drug-likeness (QED) is 0.314. The topological polar surface area (TPSA) is 65.9 Å². The zero-order valence-corrected chi connectivity index (χ0v) is 15.9. The standard InChI is InChI=1S/C22H33NO3/c1-2-3-4-5-6-7-10-20(25)13-12-19-9-8-11-22(23-19)18(14-15-24)16-21-17-26-21/h6-9,11-13,18,20-21,24-25H,2-5,10,14-17H2,1H3. The maximum atomic E-state index is 10.1. The molecule has 144 valence electrons. The Morgan fingerprint density at radius 1 is 1.31 bits per heavy atom. The molecule has 0 aromatic carbocycles. The molecule has 1 aromatic heterocycles. The van der Waals surface area contributed by atoms with E-state index in [1.165, 1.54) is 19.3 Å². The van der Waals surface area contributed by atoms with Gasteiger partial charge in [-0.1, -0.05) is 44.1 Å². The van der Waals surface area contributed by atoms with Gasteiger partial charge in [0.15, 0.2) is 0 Å². The molecule has 0 saturated carbocycles. The van der Waals surface area contributed by atoms with Gasteiger partial charge in [0, 0.05) is 18.2 Å². The van der Waals surface area contributed by atoms with Gasteiger partial charge in [-0.3, -0.25) is 4.98 Å². The number of nitrogens with zero attached hydrogens (tertiary/aromatic N) is 1. The smallest absolute Gasteiger partial charge is 0.0816 e. The second-order valence-electron chi connectivity index (χ2n) is 7.02. The van der Waals surface area contributed by atoms with Crippen molar-refractivity contribution in [1.82, 2.24) is 4.98 Å². The predicted molar refractivity (Wildman–Crippen MR) is 106 cm³/mol. The highest BCUT2D eigenvalue weighted by Crippen LogP contribution is 2.29. The van der Waals surface area contributed by atoms with Crippen molar-refractivity contribution in [3.8, 4) is 0 Å². The Morgan fingerprint density at radius 2 is 2.15 bits per heavy atom. The molecule has 3 atom stereocenters. The fraction of sp³-hybridized carbons (Fsp3) is 0.591. The van der Waals surface area contributed by atoms with Crippen LogP contribution in [0.4, 0.5) is 0 Å². The van der Waals surface area contributed by atoms with Crippen LogP contribution in [0, 0.1) is 0 Å². The van der Waals surface area contributed by atoms with Crippen LogP contribution in [-0.2, 0) is 4.74 Å². The summed E-state index contributed by atoms with van der Waals surface area (Å²) in [5, 5.41) is 19.4. The lowest BCUT2D eigenvalue weighted by atomic mass is 9.95. The van der Waals surface area contributed by atoms with E-state index in [1.54, 1.807) is 6.08 Å². The first-order valence-electron chi connectivity index (χ1n) is 9.93. The molecule has 3 unspecified atom stereocenters. The van der Waals surface area contributed by atoms with Crippen molar-refractivity contribution >= 4 is 6.08 Å². The first kappa shape index (κ1) is 20.8. The number of epoxide rings is 1. The average Bonchev–Trinajstić information content (AvgIpc) is 3.47. The molecule has 1 aromatic rings. The van der Waals surface area contributed by atoms with E-state index in [9.17, 15) is 10.2 Å². The van der Waals surface area contributed by atoms with Gasteiger partial charge < -0.3 is 14.9 Å². The first-order chi connectivity index (χ1) is 12.7. The van der Waals surface area contributed by atoms with E-state index in [1.807, 2.05) is 24.3 Å². The number of unbranched alkanes of at least 4 members (excludes halogenated alkanes) is 3. The third kappa shape index (κ3) is 8.26. The minimum atomic E-state index is -0.490. The van der Waals surface area contributed by atoms with E-state index in [2.05, 4.69) is 19.1 Å². The summed E-state index contributed by atoms with van der Waals surface area (Å²) in [5.74, 6) is 0.219. The second kappa shape index (κ2) is 12.0. The van der Waals surface area contributed by atoms with E-state index in [0.29, 0.717) is 18.9 Å². The maximum absolute atomic E-state index is 10.1. The van der Waals surface area contributed by atoms with Gasteiger partial charge in [0.2, 0.25) is 0 Å². The molecule has 0 spiro atoms. The Labute approximate surface area is 157 Å². The van der Waals surface area contributed by atoms with Crippen LogP contribution in [0.25, 0.3) is 6.08 Å². The molecule has 4 nitrogen and oxygen atoms in total. The maximum Gasteiger partial charge on any atom is 0.0816 e. The molecule has 1 saturated heterocycles. The van der Waals surface area contributed by atoms with Gasteiger partial charge in [0.05, 0.1) is 24.5 Å². The van der Waals surface area contributed by atoms with Crippen LogP contribution in [0.2, 0.25) is 0 Å². The highest BCUT2D eigenvalue weighted by Gasteiger charge is 2.27. The van der Waals surface area contributed by atoms with Gasteiger partial charge in [-0.2, -0.15) is 0 Å². The highest BCUT2D eigenvalue weighted by atomic mass is 16.6. The molecule has 0 bridgehead atoms. The largest absolute Gasteiger partial charge is 0.396 e. The highest BCUT2D eigenvalue weighted by molar-refractivity contribution is 5.45. The predicted octanol–water partition coefficient (Wildman–Crippen LogP) is 4.24. The molecule has 1 aliphatic rings. The van der Waals surface area contributed by atoms with E-state index in [0.717, 1.165) is 30.8 Å². The van der Waals surface area contributed by atoms with Gasteiger partial charge in [0.25, 0.3) is 0 Å². The van der Waals surface area contributed by atoms with Crippen LogP contribution in [-0.4, -0.2) is 40.6 Å². The normalized spacial score (nSPS) is 19.3. The number of hydrogen-bond donors (Lipinski definition) is 2. The summed E-state index contributed by atoms with van der Waals surface area (Å²) in [6.07, 6.45) is 14.8. The molecule has 0 radical (unpaired) electrons. The Hall–Kier alpha value is -1.49. The summed E-state index contributed by atoms with van der Waals surface area (Å²) in [6.45, 7) is 3.18. The first-order valence-corrected chi connectivity index (χ1v) is 9.93. The molecule has 26 heavy (non-hydrogen) atoms. The fourth-order valence-corrected chi connectivity index (χ4v) is 3.01. The SMILES string of the molecule is CCCCCC=CCC(O)C=Cc1cccc(C(CCO)CC2CO2)n1. The summed E-state index contributed by atoms with van der Waals surface area (Å²) >= 11 is 0. The van der Waals surface area contributed by atoms with Crippen LogP contribution in [0.3, 0.4) is 0 Å². The molecular weight excluding hydrogens is 326 g/mol. The molecule has 4 heteroatoms. The minimum Gasteiger partial charge on any atom is -0.396 e. The number of ether oxygens (including phenoxy) is 1. The lowest BCUT2D eigenvalue weighted by Crippen LogP contribution is -2.08. The minimum absolute atomic E-state index is 0.155. The van der Waals surface area contributed by atoms with Crippen LogP contribution >= 0.6 is 0 Å². The Kier molecular flexibility index (Phi) is 9.61. The third-order valence-corrected chi connectivity index (χ3v) is 4.65. The van der Waals surface area contributed by atoms with Crippen molar-refractivity contribution in [2.45, 2.75) is 70.0 Å². The monoisotopic (exact) mass is 359 g/mol. The Morgan fingerprint density at radius 3 is 2.88 bits per heavy atom. The van der Waals surface area contributed by atoms with Crippen molar-refractivity contribution < 1.29 is 14.9 Å². The van der Waals surface area contributed by atoms with Crippen molar-refractivity contribution in [2.75, 3.05) is 13.2 Å². The molecule has 0 amide bonds. The molecule has 2 rings (SSSR count). The summed E-state index contributed by atoms with van der Waals surface area (Å²) in [5.41, 5.74) is 1.83. The Balaban J connectivity index is 1.84. The zero-order valence-electron chi connectivity index (χ0n) is 15.9. The fourth-order valence-electron chi connectivity index (χ4n) is 3.01. The van der Waals surface area contributed by atoms with Gasteiger partial charge in [-0.25, -0.2) is 0 Å². The van der Waals surface area contributed by atoms with E-state index in [4.69, 9.17) is 9.72 Å². The average molecular weight is 360 g/mol. The lowest BCUT2D eigenvalue weighted by Gasteiger charge is -2.14. The molecule has 1 aliphatic heterocycles. The molecule has 2 heterocycles. The summed E-state index contributed by atoms with van der Waals surface area (Å²) < 4.78 is 5.32. The van der Waals surface area contributed by atoms with Gasteiger partial charge in [-0.15, -0.1) is 0 Å². The summed E-state index contributed by atoms with van der Waals surface area (Å²) in [6, 6.07) is 5.94. The van der Waals surface area contributed by atoms with Crippen LogP contribution in [0.5, 0.6) is 0 Å². The lowest BCUT2D eigenvalue weighted by molar-refractivity contribution is 0.227. The number of aliphatic hydroxyl groups excluding tert-OH is 2. The second-order valence-corrected chi connectivity index (χ2v) is 7.02. The van der Waals surface area contributed by atoms with Crippen molar-refractivity contribution in [3.63, 3.8) is 0 Å². The van der Waals surface area contributed by atoms with Crippen LogP contribution < -0.4 is 0 Å². The number of aromatic nitrogens is 1. The van der Waals surface area contributed by atoms with E-state index < -0.39 is 6.10 Å². The van der Waals surface area contributed by atoms with E-state index >= 15 is 0 Å². The molecule has 1 fully saturated rings. The number of hydrogen-bond acceptors (Lipinski definition) is 4. The van der Waals surface area contributed by atoms with Crippen LogP contribution in [0.1, 0.15) is 69.2 Å². The number of rotatable bonds is 13. The van der Waals surface area contributed by atoms with E-state index in [-0.39, 0.29) is 12.5 Å². The molecule has 2 N–H and O–H groups in total. The van der Waals surface area contributed by atoms with Crippen molar-refractivity contribution in [3.05, 3.63) is 47.8 Å². The van der Waals surface area contributed by atoms with Gasteiger partial charge in [0.1, 0.15) is 0 Å². The summed E-state index contributed by atoms with van der Waals surface area (Å²) in [4.78, 5) is 4.69. The third-order valence-electron chi connectivity index (χ3n) is 4.65. The number of aliphatic hydroxyl groups is 2. The van der Waals surface area contributed by atoms with Gasteiger partial charge >= 0.3 is 0 Å². The molecule has 0 aliphatic carbocycles. The van der Waals surface area contributed by atoms with Crippen molar-refractivity contribution in [2.24, 2.45) is 0 Å². The van der Waals surface area contributed by atoms with Gasteiger partial charge in [-0.05, 0) is 50.3 Å². The Bertz CT molecular complexity index is 566. The number of pyridine rings is 1. The molecular formula is C22H33NO3. The van der Waals surface area contributed by atoms with Crippen molar-refractivity contribution in [1.29, 1.82) is 0 Å². The zero-order chi connectivity index (χ0) is 18.6. The summed E-state index contributed by atoms with van der Waals surface area (Å²) in [7, 11) is 0. The number of allylic oxidation sites excluding steroid dienone is 1.